The van der Waals surface area contributed by atoms with Crippen molar-refractivity contribution in [3.05, 3.63) is 28.8 Å². The summed E-state index contributed by atoms with van der Waals surface area (Å²) in [5.41, 5.74) is 6.70. The van der Waals surface area contributed by atoms with Crippen LogP contribution >= 0.6 is 23.4 Å². The van der Waals surface area contributed by atoms with Gasteiger partial charge in [0.1, 0.15) is 0 Å². The van der Waals surface area contributed by atoms with E-state index in [1.807, 2.05) is 25.1 Å². The van der Waals surface area contributed by atoms with Gasteiger partial charge in [-0.25, -0.2) is 0 Å². The number of rotatable bonds is 5. The maximum Gasteiger partial charge on any atom is 0.306 e. The van der Waals surface area contributed by atoms with Crippen LogP contribution in [0.1, 0.15) is 24.9 Å². The van der Waals surface area contributed by atoms with Crippen LogP contribution < -0.4 is 5.73 Å². The Kier molecular flexibility index (Phi) is 5.82. The van der Waals surface area contributed by atoms with Crippen molar-refractivity contribution in [1.82, 2.24) is 0 Å². The van der Waals surface area contributed by atoms with Crippen molar-refractivity contribution in [2.75, 3.05) is 12.9 Å². The van der Waals surface area contributed by atoms with Crippen molar-refractivity contribution in [2.24, 2.45) is 5.73 Å². The third kappa shape index (κ3) is 4.58. The molecule has 0 fully saturated rings. The minimum atomic E-state index is -0.198. The molecule has 0 saturated heterocycles. The summed E-state index contributed by atoms with van der Waals surface area (Å²) in [6, 6.07) is 5.69. The van der Waals surface area contributed by atoms with Gasteiger partial charge in [0.25, 0.3) is 0 Å². The fourth-order valence-electron chi connectivity index (χ4n) is 1.32. The second-order valence-electron chi connectivity index (χ2n) is 3.65. The van der Waals surface area contributed by atoms with Gasteiger partial charge in [-0.1, -0.05) is 17.7 Å². The highest BCUT2D eigenvalue weighted by Crippen LogP contribution is 2.28. The number of halogens is 1. The van der Waals surface area contributed by atoms with Crippen molar-refractivity contribution >= 4 is 29.3 Å². The Morgan fingerprint density at radius 1 is 1.59 bits per heavy atom. The molecule has 5 heteroatoms. The monoisotopic (exact) mass is 273 g/mol. The topological polar surface area (TPSA) is 52.3 Å². The number of carbonyl (C=O) groups is 1. The Morgan fingerprint density at radius 2 is 2.29 bits per heavy atom. The molecule has 1 unspecified atom stereocenters. The van der Waals surface area contributed by atoms with E-state index in [4.69, 9.17) is 17.3 Å². The van der Waals surface area contributed by atoms with Crippen LogP contribution in [0.3, 0.4) is 0 Å². The third-order valence-corrected chi connectivity index (χ3v) is 3.59. The van der Waals surface area contributed by atoms with Crippen LogP contribution in [-0.4, -0.2) is 18.8 Å². The minimum absolute atomic E-state index is 0.0726. The van der Waals surface area contributed by atoms with E-state index in [0.29, 0.717) is 17.2 Å². The first-order valence-corrected chi connectivity index (χ1v) is 6.65. The van der Waals surface area contributed by atoms with E-state index < -0.39 is 0 Å². The standard InChI is InChI=1S/C12H16ClNO2S/c1-8(14)10-4-3-9(7-11(10)13)17-6-5-12(15)16-2/h3-4,7-8H,5-6,14H2,1-2H3. The average molecular weight is 274 g/mol. The summed E-state index contributed by atoms with van der Waals surface area (Å²) in [6.07, 6.45) is 0.397. The molecular weight excluding hydrogens is 258 g/mol. The highest BCUT2D eigenvalue weighted by atomic mass is 35.5. The molecule has 1 atom stereocenters. The van der Waals surface area contributed by atoms with Crippen LogP contribution in [0.2, 0.25) is 5.02 Å². The largest absolute Gasteiger partial charge is 0.469 e. The number of thioether (sulfide) groups is 1. The molecule has 0 bridgehead atoms. The molecule has 0 heterocycles. The zero-order valence-corrected chi connectivity index (χ0v) is 11.5. The average Bonchev–Trinajstić information content (AvgIpc) is 2.28. The van der Waals surface area contributed by atoms with Crippen molar-refractivity contribution in [3.8, 4) is 0 Å². The third-order valence-electron chi connectivity index (χ3n) is 2.27. The van der Waals surface area contributed by atoms with Gasteiger partial charge < -0.3 is 10.5 Å². The molecule has 0 aliphatic heterocycles. The molecule has 1 aromatic rings. The van der Waals surface area contributed by atoms with Crippen LogP contribution in [0.4, 0.5) is 0 Å². The lowest BCUT2D eigenvalue weighted by atomic mass is 10.1. The highest BCUT2D eigenvalue weighted by Gasteiger charge is 2.07. The Morgan fingerprint density at radius 3 is 2.82 bits per heavy atom. The lowest BCUT2D eigenvalue weighted by molar-refractivity contribution is -0.140. The van der Waals surface area contributed by atoms with E-state index in [9.17, 15) is 4.79 Å². The minimum Gasteiger partial charge on any atom is -0.469 e. The first kappa shape index (κ1) is 14.4. The van der Waals surface area contributed by atoms with Gasteiger partial charge in [-0.15, -0.1) is 11.8 Å². The number of hydrogen-bond acceptors (Lipinski definition) is 4. The van der Waals surface area contributed by atoms with Gasteiger partial charge in [-0.05, 0) is 24.6 Å². The predicted molar refractivity (Wildman–Crippen MR) is 71.4 cm³/mol. The maximum atomic E-state index is 10.9. The first-order valence-electron chi connectivity index (χ1n) is 5.29. The van der Waals surface area contributed by atoms with Crippen LogP contribution in [0.5, 0.6) is 0 Å². The fourth-order valence-corrected chi connectivity index (χ4v) is 2.61. The molecule has 0 aromatic heterocycles. The van der Waals surface area contributed by atoms with E-state index in [1.54, 1.807) is 11.8 Å². The zero-order valence-electron chi connectivity index (χ0n) is 9.90. The molecular formula is C12H16ClNO2S. The SMILES string of the molecule is COC(=O)CCSc1ccc(C(C)N)c(Cl)c1. The van der Waals surface area contributed by atoms with Crippen molar-refractivity contribution in [2.45, 2.75) is 24.3 Å². The van der Waals surface area contributed by atoms with Crippen LogP contribution in [0.15, 0.2) is 23.1 Å². The van der Waals surface area contributed by atoms with E-state index in [1.165, 1.54) is 7.11 Å². The number of nitrogens with two attached hydrogens (primary N) is 1. The van der Waals surface area contributed by atoms with Gasteiger partial charge in [0, 0.05) is 21.7 Å². The molecule has 94 valence electrons. The van der Waals surface area contributed by atoms with Gasteiger partial charge in [0.2, 0.25) is 0 Å². The number of methoxy groups -OCH3 is 1. The lowest BCUT2D eigenvalue weighted by Gasteiger charge is -2.09. The number of carbonyl (C=O) groups excluding carboxylic acids is 1. The molecule has 17 heavy (non-hydrogen) atoms. The molecule has 0 saturated carbocycles. The van der Waals surface area contributed by atoms with Gasteiger partial charge in [0.05, 0.1) is 13.5 Å². The lowest BCUT2D eigenvalue weighted by Crippen LogP contribution is -2.05. The van der Waals surface area contributed by atoms with Gasteiger partial charge in [0.15, 0.2) is 0 Å². The second kappa shape index (κ2) is 6.89. The van der Waals surface area contributed by atoms with Crippen molar-refractivity contribution in [3.63, 3.8) is 0 Å². The summed E-state index contributed by atoms with van der Waals surface area (Å²) in [5.74, 6) is 0.483. The van der Waals surface area contributed by atoms with Crippen LogP contribution in [0, 0.1) is 0 Å². The van der Waals surface area contributed by atoms with Gasteiger partial charge >= 0.3 is 5.97 Å². The number of ether oxygens (including phenoxy) is 1. The smallest absolute Gasteiger partial charge is 0.306 e. The quantitative estimate of drug-likeness (QED) is 0.662. The molecule has 0 amide bonds. The Bertz CT molecular complexity index is 396. The van der Waals surface area contributed by atoms with Crippen LogP contribution in [-0.2, 0) is 9.53 Å². The summed E-state index contributed by atoms with van der Waals surface area (Å²) >= 11 is 7.68. The molecule has 2 N–H and O–H groups in total. The normalized spacial score (nSPS) is 12.2. The van der Waals surface area contributed by atoms with Gasteiger partial charge in [-0.2, -0.15) is 0 Å². The highest BCUT2D eigenvalue weighted by molar-refractivity contribution is 7.99. The Labute approximate surface area is 111 Å². The van der Waals surface area contributed by atoms with Crippen molar-refractivity contribution < 1.29 is 9.53 Å². The zero-order chi connectivity index (χ0) is 12.8. The number of esters is 1. The van der Waals surface area contributed by atoms with E-state index in [0.717, 1.165) is 10.5 Å². The molecule has 0 spiro atoms. The van der Waals surface area contributed by atoms with E-state index >= 15 is 0 Å². The fraction of sp³-hybridized carbons (Fsp3) is 0.417. The van der Waals surface area contributed by atoms with E-state index in [2.05, 4.69) is 4.74 Å². The predicted octanol–water partition coefficient (Wildman–Crippen LogP) is 3.01. The summed E-state index contributed by atoms with van der Waals surface area (Å²) in [7, 11) is 1.39. The number of benzene rings is 1. The summed E-state index contributed by atoms with van der Waals surface area (Å²) in [4.78, 5) is 12.0. The van der Waals surface area contributed by atoms with Crippen LogP contribution in [0.25, 0.3) is 0 Å². The number of hydrogen-bond donors (Lipinski definition) is 1. The molecule has 0 aliphatic carbocycles. The molecule has 1 aromatic carbocycles. The van der Waals surface area contributed by atoms with Gasteiger partial charge in [-0.3, -0.25) is 4.79 Å². The second-order valence-corrected chi connectivity index (χ2v) is 5.22. The molecule has 3 nitrogen and oxygen atoms in total. The summed E-state index contributed by atoms with van der Waals surface area (Å²) in [6.45, 7) is 1.89. The Hall–Kier alpha value is -0.710. The Balaban J connectivity index is 2.56. The van der Waals surface area contributed by atoms with Crippen molar-refractivity contribution in [1.29, 1.82) is 0 Å². The summed E-state index contributed by atoms with van der Waals surface area (Å²) < 4.78 is 4.57. The molecule has 0 radical (unpaired) electrons. The van der Waals surface area contributed by atoms with E-state index in [-0.39, 0.29) is 12.0 Å². The molecule has 0 aliphatic rings. The molecule has 1 rings (SSSR count). The maximum absolute atomic E-state index is 10.9. The summed E-state index contributed by atoms with van der Waals surface area (Å²) in [5, 5.41) is 0.670. The first-order chi connectivity index (χ1) is 8.04.